The fourth-order valence-electron chi connectivity index (χ4n) is 3.46. The van der Waals surface area contributed by atoms with E-state index in [4.69, 9.17) is 36.3 Å². The van der Waals surface area contributed by atoms with Crippen molar-refractivity contribution >= 4 is 23.3 Å². The van der Waals surface area contributed by atoms with Crippen LogP contribution < -0.4 is 15.2 Å². The van der Waals surface area contributed by atoms with Crippen LogP contribution in [0.25, 0.3) is 11.4 Å². The van der Waals surface area contributed by atoms with Crippen LogP contribution in [0.1, 0.15) is 18.4 Å². The van der Waals surface area contributed by atoms with E-state index in [0.717, 1.165) is 16.9 Å². The molecule has 1 saturated heterocycles. The Morgan fingerprint density at radius 1 is 1.09 bits per heavy atom. The lowest BCUT2D eigenvalue weighted by atomic mass is 9.94. The lowest BCUT2D eigenvalue weighted by Crippen LogP contribution is -2.50. The van der Waals surface area contributed by atoms with Crippen molar-refractivity contribution in [2.75, 3.05) is 26.1 Å². The highest BCUT2D eigenvalue weighted by Crippen LogP contribution is 2.31. The maximum Gasteiger partial charge on any atom is 0.351 e. The van der Waals surface area contributed by atoms with Gasteiger partial charge in [0.25, 0.3) is 0 Å². The fourth-order valence-corrected chi connectivity index (χ4v) is 3.64. The highest BCUT2D eigenvalue weighted by molar-refractivity contribution is 6.29. The summed E-state index contributed by atoms with van der Waals surface area (Å²) in [6, 6.07) is 15.9. The predicted octanol–water partition coefficient (Wildman–Crippen LogP) is 4.06. The molecule has 0 spiro atoms. The summed E-state index contributed by atoms with van der Waals surface area (Å²) in [6.45, 7) is 0.832. The van der Waals surface area contributed by atoms with Crippen LogP contribution in [-0.4, -0.2) is 41.9 Å². The molecule has 0 amide bonds. The number of methoxy groups -OCH3 is 1. The Morgan fingerprint density at radius 3 is 2.45 bits per heavy atom. The van der Waals surface area contributed by atoms with Crippen LogP contribution in [0.4, 0.5) is 5.69 Å². The minimum Gasteiger partial charge on any atom is -0.497 e. The van der Waals surface area contributed by atoms with Crippen LogP contribution in [0, 0.1) is 0 Å². The molecule has 1 aromatic heterocycles. The number of rotatable bonds is 7. The number of esters is 1. The molecule has 8 nitrogen and oxygen atoms in total. The second kappa shape index (κ2) is 10.1. The van der Waals surface area contributed by atoms with Crippen molar-refractivity contribution in [1.29, 1.82) is 0 Å². The Balaban J connectivity index is 1.54. The second-order valence-electron chi connectivity index (χ2n) is 7.61. The average Bonchev–Trinajstić information content (AvgIpc) is 2.83. The summed E-state index contributed by atoms with van der Waals surface area (Å²) in [4.78, 5) is 21.9. The average molecular weight is 470 g/mol. The molecule has 0 unspecified atom stereocenters. The number of nitrogens with two attached hydrogens (primary N) is 1. The topological polar surface area (TPSA) is 106 Å². The molecule has 1 fully saturated rings. The number of hydrogen-bond donors (Lipinski definition) is 1. The van der Waals surface area contributed by atoms with E-state index in [1.807, 2.05) is 24.3 Å². The molecule has 0 aliphatic carbocycles. The van der Waals surface area contributed by atoms with Crippen molar-refractivity contribution in [1.82, 2.24) is 9.97 Å². The van der Waals surface area contributed by atoms with Crippen molar-refractivity contribution < 1.29 is 23.7 Å². The predicted molar refractivity (Wildman–Crippen MR) is 123 cm³/mol. The molecular weight excluding hydrogens is 446 g/mol. The van der Waals surface area contributed by atoms with Gasteiger partial charge in [0, 0.05) is 30.2 Å². The SMILES string of the molecule is COc1ccc(COC(=O)C2(Oc3cc(Cl)nc(-c4ccc(N)cc4)n3)CCOCC2)cc1. The van der Waals surface area contributed by atoms with Crippen molar-refractivity contribution in [3.8, 4) is 23.0 Å². The molecule has 9 heteroatoms. The van der Waals surface area contributed by atoms with Crippen LogP contribution in [0.5, 0.6) is 11.6 Å². The summed E-state index contributed by atoms with van der Waals surface area (Å²) in [5.74, 6) is 0.800. The molecule has 2 aromatic carbocycles. The smallest absolute Gasteiger partial charge is 0.351 e. The van der Waals surface area contributed by atoms with E-state index in [1.54, 1.807) is 31.4 Å². The summed E-state index contributed by atoms with van der Waals surface area (Å²) in [7, 11) is 1.60. The van der Waals surface area contributed by atoms with Crippen molar-refractivity contribution in [2.45, 2.75) is 25.0 Å². The quantitative estimate of drug-likeness (QED) is 0.313. The maximum absolute atomic E-state index is 13.2. The summed E-state index contributed by atoms with van der Waals surface area (Å²) in [5.41, 5.74) is 6.71. The van der Waals surface area contributed by atoms with Gasteiger partial charge in [-0.15, -0.1) is 0 Å². The van der Waals surface area contributed by atoms with E-state index in [2.05, 4.69) is 9.97 Å². The maximum atomic E-state index is 13.2. The number of anilines is 1. The molecule has 33 heavy (non-hydrogen) atoms. The number of benzene rings is 2. The molecule has 0 bridgehead atoms. The third kappa shape index (κ3) is 5.53. The van der Waals surface area contributed by atoms with Crippen molar-refractivity contribution in [3.63, 3.8) is 0 Å². The number of carbonyl (C=O) groups excluding carboxylic acids is 1. The zero-order chi connectivity index (χ0) is 23.3. The zero-order valence-corrected chi connectivity index (χ0v) is 18.9. The van der Waals surface area contributed by atoms with Gasteiger partial charge < -0.3 is 24.7 Å². The van der Waals surface area contributed by atoms with Gasteiger partial charge in [-0.25, -0.2) is 9.78 Å². The van der Waals surface area contributed by atoms with Gasteiger partial charge in [0.05, 0.1) is 20.3 Å². The lowest BCUT2D eigenvalue weighted by molar-refractivity contribution is -0.172. The zero-order valence-electron chi connectivity index (χ0n) is 18.1. The fraction of sp³-hybridized carbons (Fsp3) is 0.292. The molecule has 1 aliphatic rings. The van der Waals surface area contributed by atoms with Gasteiger partial charge in [-0.05, 0) is 42.0 Å². The van der Waals surface area contributed by atoms with Gasteiger partial charge in [0.2, 0.25) is 11.5 Å². The van der Waals surface area contributed by atoms with Gasteiger partial charge >= 0.3 is 5.97 Å². The van der Waals surface area contributed by atoms with Crippen LogP contribution in [0.2, 0.25) is 5.15 Å². The summed E-state index contributed by atoms with van der Waals surface area (Å²) in [6.07, 6.45) is 0.653. The normalized spacial score (nSPS) is 15.0. The number of nitrogens with zero attached hydrogens (tertiary/aromatic N) is 2. The van der Waals surface area contributed by atoms with E-state index in [-0.39, 0.29) is 17.6 Å². The molecule has 2 heterocycles. The van der Waals surface area contributed by atoms with Gasteiger partial charge in [-0.3, -0.25) is 0 Å². The first-order valence-electron chi connectivity index (χ1n) is 10.4. The molecule has 0 radical (unpaired) electrons. The summed E-state index contributed by atoms with van der Waals surface area (Å²) < 4.78 is 22.4. The van der Waals surface area contributed by atoms with E-state index in [9.17, 15) is 4.79 Å². The van der Waals surface area contributed by atoms with Crippen molar-refractivity contribution in [2.24, 2.45) is 0 Å². The van der Waals surface area contributed by atoms with Crippen LogP contribution in [0.15, 0.2) is 54.6 Å². The third-order valence-corrected chi connectivity index (χ3v) is 5.54. The molecule has 0 atom stereocenters. The monoisotopic (exact) mass is 469 g/mol. The number of halogens is 1. The summed E-state index contributed by atoms with van der Waals surface area (Å²) >= 11 is 6.23. The third-order valence-electron chi connectivity index (χ3n) is 5.34. The van der Waals surface area contributed by atoms with Gasteiger partial charge in [-0.2, -0.15) is 4.98 Å². The minimum atomic E-state index is -1.24. The standard InChI is InChI=1S/C24H24ClN3O5/c1-30-19-8-2-16(3-9-19)15-32-23(29)24(10-12-31-13-11-24)33-21-14-20(25)27-22(28-21)17-4-6-18(26)7-5-17/h2-9,14H,10-13,15,26H2,1H3. The van der Waals surface area contributed by atoms with E-state index in [0.29, 0.717) is 37.6 Å². The van der Waals surface area contributed by atoms with Crippen LogP contribution in [0.3, 0.4) is 0 Å². The first-order valence-corrected chi connectivity index (χ1v) is 10.8. The second-order valence-corrected chi connectivity index (χ2v) is 7.99. The molecular formula is C24H24ClN3O5. The number of carbonyl (C=O) groups is 1. The summed E-state index contributed by atoms with van der Waals surface area (Å²) in [5, 5.41) is 0.195. The molecule has 1 aliphatic heterocycles. The highest BCUT2D eigenvalue weighted by Gasteiger charge is 2.45. The molecule has 2 N–H and O–H groups in total. The number of ether oxygens (including phenoxy) is 4. The molecule has 3 aromatic rings. The van der Waals surface area contributed by atoms with Crippen molar-refractivity contribution in [3.05, 3.63) is 65.3 Å². The van der Waals surface area contributed by atoms with E-state index >= 15 is 0 Å². The molecule has 4 rings (SSSR count). The minimum absolute atomic E-state index is 0.107. The Hall–Kier alpha value is -3.36. The van der Waals surface area contributed by atoms with Gasteiger partial charge in [0.15, 0.2) is 5.82 Å². The Labute approximate surface area is 196 Å². The lowest BCUT2D eigenvalue weighted by Gasteiger charge is -2.34. The van der Waals surface area contributed by atoms with E-state index < -0.39 is 11.6 Å². The molecule has 172 valence electrons. The Bertz CT molecular complexity index is 1100. The largest absolute Gasteiger partial charge is 0.497 e. The Morgan fingerprint density at radius 2 is 1.79 bits per heavy atom. The first kappa shape index (κ1) is 22.8. The molecule has 0 saturated carbocycles. The van der Waals surface area contributed by atoms with E-state index in [1.165, 1.54) is 6.07 Å². The van der Waals surface area contributed by atoms with Gasteiger partial charge in [0.1, 0.15) is 17.5 Å². The number of hydrogen-bond acceptors (Lipinski definition) is 8. The highest BCUT2D eigenvalue weighted by atomic mass is 35.5. The Kier molecular flexibility index (Phi) is 6.96. The first-order chi connectivity index (χ1) is 16.0. The number of aromatic nitrogens is 2. The van der Waals surface area contributed by atoms with Gasteiger partial charge in [-0.1, -0.05) is 23.7 Å². The number of nitrogen functional groups attached to an aromatic ring is 1. The van der Waals surface area contributed by atoms with Crippen LogP contribution >= 0.6 is 11.6 Å². The van der Waals surface area contributed by atoms with Crippen LogP contribution in [-0.2, 0) is 20.9 Å².